The normalized spacial score (nSPS) is 11.7. The summed E-state index contributed by atoms with van der Waals surface area (Å²) in [5.74, 6) is -0.438. The quantitative estimate of drug-likeness (QED) is 0.514. The molecule has 0 saturated carbocycles. The summed E-state index contributed by atoms with van der Waals surface area (Å²) in [6, 6.07) is 0. The first-order chi connectivity index (χ1) is 9.11. The molecule has 0 radical (unpaired) electrons. The molecular weight excluding hydrogens is 323 g/mol. The highest BCUT2D eigenvalue weighted by molar-refractivity contribution is 7.20. The molecule has 5 nitrogen and oxygen atoms in total. The first-order valence-electron chi connectivity index (χ1n) is 5.62. The lowest BCUT2D eigenvalue weighted by Crippen LogP contribution is -2.30. The molecular formula is C12H14Cl2N2O3S. The zero-order valence-corrected chi connectivity index (χ0v) is 13.7. The van der Waals surface area contributed by atoms with Gasteiger partial charge < -0.3 is 4.74 Å². The number of carbonyl (C=O) groups excluding carboxylic acids is 2. The molecule has 1 aromatic heterocycles. The Kier molecular flexibility index (Phi) is 5.56. The summed E-state index contributed by atoms with van der Waals surface area (Å²) in [6.45, 7) is 6.85. The zero-order chi connectivity index (χ0) is 15.5. The van der Waals surface area contributed by atoms with E-state index in [1.165, 1.54) is 0 Å². The second-order valence-electron chi connectivity index (χ2n) is 4.89. The summed E-state index contributed by atoms with van der Waals surface area (Å²) < 4.78 is 5.70. The van der Waals surface area contributed by atoms with Crippen molar-refractivity contribution in [3.05, 3.63) is 19.8 Å². The van der Waals surface area contributed by atoms with E-state index in [1.807, 2.05) is 0 Å². The van der Waals surface area contributed by atoms with Crippen LogP contribution in [0, 0.1) is 6.92 Å². The summed E-state index contributed by atoms with van der Waals surface area (Å²) in [6.07, 6.45) is 0.217. The van der Waals surface area contributed by atoms with Gasteiger partial charge in [0.25, 0.3) is 0 Å². The van der Waals surface area contributed by atoms with Crippen molar-refractivity contribution < 1.29 is 14.3 Å². The minimum Gasteiger partial charge on any atom is -0.443 e. The van der Waals surface area contributed by atoms with Gasteiger partial charge in [-0.3, -0.25) is 4.79 Å². The number of ether oxygens (including phenoxy) is 1. The van der Waals surface area contributed by atoms with Crippen molar-refractivity contribution in [1.29, 1.82) is 0 Å². The largest absolute Gasteiger partial charge is 0.443 e. The van der Waals surface area contributed by atoms with Crippen LogP contribution >= 0.6 is 34.5 Å². The van der Waals surface area contributed by atoms with Crippen molar-refractivity contribution in [3.63, 3.8) is 0 Å². The van der Waals surface area contributed by atoms with E-state index in [4.69, 9.17) is 27.9 Å². The number of hydrogen-bond donors (Lipinski definition) is 1. The van der Waals surface area contributed by atoms with E-state index in [9.17, 15) is 9.59 Å². The van der Waals surface area contributed by atoms with Crippen LogP contribution in [-0.2, 0) is 4.74 Å². The molecule has 1 amide bonds. The molecule has 1 N–H and O–H groups in total. The maximum absolute atomic E-state index is 11.9. The number of hydrogen-bond acceptors (Lipinski definition) is 5. The fourth-order valence-electron chi connectivity index (χ4n) is 1.24. The maximum atomic E-state index is 11.9. The lowest BCUT2D eigenvalue weighted by molar-refractivity contribution is 0.0530. The molecule has 1 aromatic rings. The van der Waals surface area contributed by atoms with Crippen LogP contribution in [0.5, 0.6) is 0 Å². The topological polar surface area (TPSA) is 67.8 Å². The second-order valence-corrected chi connectivity index (χ2v) is 7.11. The smallest absolute Gasteiger partial charge is 0.428 e. The van der Waals surface area contributed by atoms with Gasteiger partial charge in [-0.1, -0.05) is 23.2 Å². The number of carbonyl (C=O) groups is 2. The number of ketones is 1. The van der Waals surface area contributed by atoms with Crippen molar-refractivity contribution in [2.24, 2.45) is 5.10 Å². The van der Waals surface area contributed by atoms with Crippen LogP contribution in [0.15, 0.2) is 5.10 Å². The molecule has 0 aliphatic heterocycles. The van der Waals surface area contributed by atoms with Gasteiger partial charge in [0.05, 0.1) is 16.1 Å². The molecule has 0 bridgehead atoms. The van der Waals surface area contributed by atoms with Crippen LogP contribution in [0.25, 0.3) is 0 Å². The molecule has 20 heavy (non-hydrogen) atoms. The maximum Gasteiger partial charge on any atom is 0.428 e. The van der Waals surface area contributed by atoms with Crippen LogP contribution in [0.2, 0.25) is 8.67 Å². The number of nitrogens with zero attached hydrogens (tertiary/aromatic N) is 1. The fraction of sp³-hybridized carbons (Fsp3) is 0.417. The number of amides is 1. The van der Waals surface area contributed by atoms with Crippen LogP contribution in [-0.4, -0.2) is 23.7 Å². The molecule has 0 fully saturated rings. The summed E-state index contributed by atoms with van der Waals surface area (Å²) >= 11 is 12.9. The molecule has 8 heteroatoms. The Morgan fingerprint density at radius 2 is 1.90 bits per heavy atom. The Bertz CT molecular complexity index is 562. The van der Waals surface area contributed by atoms with E-state index in [0.29, 0.717) is 14.2 Å². The Morgan fingerprint density at radius 1 is 1.30 bits per heavy atom. The van der Waals surface area contributed by atoms with Gasteiger partial charge in [-0.05, 0) is 33.3 Å². The van der Waals surface area contributed by atoms with Gasteiger partial charge in [-0.15, -0.1) is 11.3 Å². The lowest BCUT2D eigenvalue weighted by atomic mass is 10.1. The standard InChI is InChI=1S/C12H14Cl2N2O3S/c1-6-8(10(14)20-9(6)13)7(17)5-15-16-11(18)19-12(2,3)4/h5H,1-4H3,(H,16,18)/b15-5+. The first-order valence-corrected chi connectivity index (χ1v) is 7.20. The zero-order valence-electron chi connectivity index (χ0n) is 11.4. The molecule has 0 aromatic carbocycles. The molecule has 0 aliphatic rings. The van der Waals surface area contributed by atoms with Crippen molar-refractivity contribution >= 4 is 52.6 Å². The molecule has 0 saturated heterocycles. The Labute approximate surface area is 130 Å². The van der Waals surface area contributed by atoms with E-state index in [1.54, 1.807) is 27.7 Å². The number of Topliss-reactive ketones (excluding diaryl/α,β-unsaturated/α-hetero) is 1. The van der Waals surface area contributed by atoms with E-state index in [-0.39, 0.29) is 5.56 Å². The van der Waals surface area contributed by atoms with Crippen LogP contribution in [0.4, 0.5) is 4.79 Å². The van der Waals surface area contributed by atoms with E-state index >= 15 is 0 Å². The number of hydrazone groups is 1. The van der Waals surface area contributed by atoms with E-state index < -0.39 is 17.5 Å². The van der Waals surface area contributed by atoms with Gasteiger partial charge in [0.15, 0.2) is 0 Å². The van der Waals surface area contributed by atoms with Gasteiger partial charge >= 0.3 is 6.09 Å². The highest BCUT2D eigenvalue weighted by Crippen LogP contribution is 2.35. The second kappa shape index (κ2) is 6.56. The lowest BCUT2D eigenvalue weighted by Gasteiger charge is -2.18. The highest BCUT2D eigenvalue weighted by atomic mass is 35.5. The Morgan fingerprint density at radius 3 is 2.35 bits per heavy atom. The Hall–Kier alpha value is -1.11. The first kappa shape index (κ1) is 16.9. The minimum absolute atomic E-state index is 0.288. The SMILES string of the molecule is Cc1c(Cl)sc(Cl)c1C(=O)/C=N/NC(=O)OC(C)(C)C. The van der Waals surface area contributed by atoms with Crippen molar-refractivity contribution in [2.45, 2.75) is 33.3 Å². The molecule has 110 valence electrons. The number of halogens is 2. The fourth-order valence-corrected chi connectivity index (χ4v) is 2.92. The van der Waals surface area contributed by atoms with Crippen LogP contribution in [0.1, 0.15) is 36.7 Å². The third-order valence-electron chi connectivity index (χ3n) is 2.03. The van der Waals surface area contributed by atoms with E-state index in [2.05, 4.69) is 10.5 Å². The predicted molar refractivity (Wildman–Crippen MR) is 81.3 cm³/mol. The van der Waals surface area contributed by atoms with Gasteiger partial charge in [0.2, 0.25) is 5.78 Å². The number of rotatable bonds is 3. The molecule has 0 atom stereocenters. The average molecular weight is 337 g/mol. The molecule has 0 spiro atoms. The van der Waals surface area contributed by atoms with Crippen LogP contribution < -0.4 is 5.43 Å². The van der Waals surface area contributed by atoms with Crippen molar-refractivity contribution in [1.82, 2.24) is 5.43 Å². The summed E-state index contributed by atoms with van der Waals surface area (Å²) in [4.78, 5) is 23.2. The molecule has 1 rings (SSSR count). The Balaban J connectivity index is 2.67. The van der Waals surface area contributed by atoms with E-state index in [0.717, 1.165) is 17.6 Å². The molecule has 1 heterocycles. The third kappa shape index (κ3) is 4.77. The molecule has 0 aliphatic carbocycles. The summed E-state index contributed by atoms with van der Waals surface area (Å²) in [5, 5.41) is 3.53. The predicted octanol–water partition coefficient (Wildman–Crippen LogP) is 4.06. The number of thiophene rings is 1. The van der Waals surface area contributed by atoms with Crippen LogP contribution in [0.3, 0.4) is 0 Å². The van der Waals surface area contributed by atoms with Gasteiger partial charge in [0.1, 0.15) is 9.94 Å². The summed E-state index contributed by atoms with van der Waals surface area (Å²) in [7, 11) is 0. The monoisotopic (exact) mass is 336 g/mol. The van der Waals surface area contributed by atoms with Gasteiger partial charge in [-0.25, -0.2) is 10.2 Å². The minimum atomic E-state index is -0.743. The summed E-state index contributed by atoms with van der Waals surface area (Å²) in [5.41, 5.74) is 2.35. The van der Waals surface area contributed by atoms with Gasteiger partial charge in [0, 0.05) is 0 Å². The third-order valence-corrected chi connectivity index (χ3v) is 3.83. The molecule has 0 unspecified atom stereocenters. The highest BCUT2D eigenvalue weighted by Gasteiger charge is 2.18. The van der Waals surface area contributed by atoms with Crippen molar-refractivity contribution in [2.75, 3.05) is 0 Å². The van der Waals surface area contributed by atoms with Gasteiger partial charge in [-0.2, -0.15) is 5.10 Å². The van der Waals surface area contributed by atoms with Crippen molar-refractivity contribution in [3.8, 4) is 0 Å². The number of nitrogens with one attached hydrogen (secondary N) is 1. The average Bonchev–Trinajstić information content (AvgIpc) is 2.50.